The van der Waals surface area contributed by atoms with Gasteiger partial charge in [-0.3, -0.25) is 19.5 Å². The summed E-state index contributed by atoms with van der Waals surface area (Å²) < 4.78 is 2.58. The van der Waals surface area contributed by atoms with Gasteiger partial charge in [-0.1, -0.05) is 74.4 Å². The van der Waals surface area contributed by atoms with Crippen LogP contribution in [-0.4, -0.2) is 36.6 Å². The van der Waals surface area contributed by atoms with Gasteiger partial charge in [-0.2, -0.15) is 0 Å². The van der Waals surface area contributed by atoms with Crippen molar-refractivity contribution >= 4 is 57.1 Å². The Kier molecular flexibility index (Phi) is 7.53. The number of carbonyl (C=O) groups is 2. The number of thiocarbonyl (C=S) groups is 1. The summed E-state index contributed by atoms with van der Waals surface area (Å²) in [6.07, 6.45) is 14.0. The number of hydrogen-bond donors (Lipinski definition) is 1. The van der Waals surface area contributed by atoms with E-state index in [1.165, 1.54) is 36.6 Å². The summed E-state index contributed by atoms with van der Waals surface area (Å²) in [7, 11) is 0. The fourth-order valence-corrected chi connectivity index (χ4v) is 6.36. The first-order chi connectivity index (χ1) is 17.5. The first-order valence-corrected chi connectivity index (χ1v) is 13.8. The Morgan fingerprint density at radius 3 is 2.81 bits per heavy atom. The number of hydrogen-bond acceptors (Lipinski definition) is 5. The summed E-state index contributed by atoms with van der Waals surface area (Å²) >= 11 is 6.85. The summed E-state index contributed by atoms with van der Waals surface area (Å²) in [5.41, 5.74) is 4.09. The molecule has 1 N–H and O–H groups in total. The molecule has 2 aliphatic rings. The molecule has 2 amide bonds. The largest absolute Gasteiger partial charge is 0.352 e. The molecule has 6 nitrogen and oxygen atoms in total. The highest BCUT2D eigenvalue weighted by Crippen LogP contribution is 2.36. The third-order valence-corrected chi connectivity index (χ3v) is 8.28. The predicted octanol–water partition coefficient (Wildman–Crippen LogP) is 5.45. The van der Waals surface area contributed by atoms with E-state index >= 15 is 0 Å². The number of benzene rings is 1. The maximum Gasteiger partial charge on any atom is 0.266 e. The molecule has 186 valence electrons. The molecule has 0 atom stereocenters. The van der Waals surface area contributed by atoms with Gasteiger partial charge in [0.15, 0.2) is 0 Å². The number of nitrogens with one attached hydrogen (secondary N) is 1. The molecule has 5 rings (SSSR count). The van der Waals surface area contributed by atoms with E-state index in [-0.39, 0.29) is 24.4 Å². The molecular formula is C28H30N4O2S2. The maximum atomic E-state index is 13.2. The van der Waals surface area contributed by atoms with Gasteiger partial charge in [0.05, 0.1) is 17.0 Å². The van der Waals surface area contributed by atoms with Crippen LogP contribution in [0.1, 0.15) is 55.7 Å². The molecule has 2 fully saturated rings. The summed E-state index contributed by atoms with van der Waals surface area (Å²) in [6.45, 7) is 2.79. The highest BCUT2D eigenvalue weighted by Gasteiger charge is 2.32. The minimum Gasteiger partial charge on any atom is -0.352 e. The van der Waals surface area contributed by atoms with Gasteiger partial charge < -0.3 is 9.88 Å². The quantitative estimate of drug-likeness (QED) is 0.333. The molecule has 8 heteroatoms. The average molecular weight is 519 g/mol. The molecule has 36 heavy (non-hydrogen) atoms. The Hall–Kier alpha value is -2.97. The van der Waals surface area contributed by atoms with Crippen LogP contribution in [0.5, 0.6) is 0 Å². The van der Waals surface area contributed by atoms with Crippen molar-refractivity contribution < 1.29 is 9.59 Å². The van der Waals surface area contributed by atoms with Crippen LogP contribution in [0.3, 0.4) is 0 Å². The third kappa shape index (κ3) is 5.25. The van der Waals surface area contributed by atoms with Crippen molar-refractivity contribution in [1.29, 1.82) is 0 Å². The fraction of sp³-hybridized carbons (Fsp3) is 0.357. The topological polar surface area (TPSA) is 67.2 Å². The van der Waals surface area contributed by atoms with E-state index in [0.29, 0.717) is 15.8 Å². The molecule has 0 spiro atoms. The Bertz CT molecular complexity index is 1330. The lowest BCUT2D eigenvalue weighted by atomic mass is 9.95. The van der Waals surface area contributed by atoms with E-state index in [2.05, 4.69) is 29.4 Å². The van der Waals surface area contributed by atoms with Crippen molar-refractivity contribution in [3.05, 3.63) is 70.5 Å². The molecule has 2 aromatic heterocycles. The number of pyridine rings is 1. The number of nitrogens with zero attached hydrogens (tertiary/aromatic N) is 3. The second-order valence-electron chi connectivity index (χ2n) is 9.41. The second-order valence-corrected chi connectivity index (χ2v) is 11.1. The predicted molar refractivity (Wildman–Crippen MR) is 149 cm³/mol. The normalized spacial score (nSPS) is 17.9. The van der Waals surface area contributed by atoms with Crippen LogP contribution in [0.15, 0.2) is 53.8 Å². The van der Waals surface area contributed by atoms with E-state index in [1.54, 1.807) is 17.3 Å². The van der Waals surface area contributed by atoms with Crippen LogP contribution in [0.2, 0.25) is 0 Å². The molecule has 1 aliphatic carbocycles. The van der Waals surface area contributed by atoms with Gasteiger partial charge in [0.2, 0.25) is 5.91 Å². The van der Waals surface area contributed by atoms with Crippen molar-refractivity contribution in [3.63, 3.8) is 0 Å². The number of carbonyl (C=O) groups excluding carboxylic acids is 2. The molecule has 1 saturated carbocycles. The second kappa shape index (κ2) is 11.0. The molecule has 1 saturated heterocycles. The van der Waals surface area contributed by atoms with E-state index < -0.39 is 0 Å². The van der Waals surface area contributed by atoms with Crippen molar-refractivity contribution in [2.24, 2.45) is 0 Å². The minimum absolute atomic E-state index is 0.0408. The summed E-state index contributed by atoms with van der Waals surface area (Å²) in [5.74, 6) is -0.0597. The average Bonchev–Trinajstić information content (AvgIpc) is 3.37. The smallest absolute Gasteiger partial charge is 0.266 e. The zero-order valence-corrected chi connectivity index (χ0v) is 22.0. The maximum absolute atomic E-state index is 13.2. The Labute approximate surface area is 221 Å². The lowest BCUT2D eigenvalue weighted by Crippen LogP contribution is -2.38. The highest BCUT2D eigenvalue weighted by atomic mass is 32.2. The lowest BCUT2D eigenvalue weighted by Gasteiger charge is -2.23. The van der Waals surface area contributed by atoms with Crippen LogP contribution >= 0.6 is 24.0 Å². The third-order valence-electron chi connectivity index (χ3n) is 6.90. The zero-order chi connectivity index (χ0) is 25.1. The Morgan fingerprint density at radius 1 is 1.22 bits per heavy atom. The number of para-hydroxylation sites is 1. The van der Waals surface area contributed by atoms with Gasteiger partial charge in [-0.15, -0.1) is 0 Å². The highest BCUT2D eigenvalue weighted by molar-refractivity contribution is 8.26. The number of aromatic nitrogens is 2. The Balaban J connectivity index is 1.43. The van der Waals surface area contributed by atoms with Gasteiger partial charge in [0, 0.05) is 35.6 Å². The lowest BCUT2D eigenvalue weighted by molar-refractivity contribution is -0.123. The Morgan fingerprint density at radius 2 is 2.06 bits per heavy atom. The van der Waals surface area contributed by atoms with E-state index in [0.717, 1.165) is 41.3 Å². The zero-order valence-electron chi connectivity index (χ0n) is 20.4. The van der Waals surface area contributed by atoms with E-state index in [9.17, 15) is 9.59 Å². The molecule has 0 bridgehead atoms. The number of amides is 2. The van der Waals surface area contributed by atoms with Gasteiger partial charge >= 0.3 is 0 Å². The van der Waals surface area contributed by atoms with Gasteiger partial charge in [0.25, 0.3) is 5.91 Å². The molecule has 0 radical (unpaired) electrons. The monoisotopic (exact) mass is 518 g/mol. The fourth-order valence-electron chi connectivity index (χ4n) is 5.12. The number of thioether (sulfide) groups is 1. The van der Waals surface area contributed by atoms with Crippen LogP contribution < -0.4 is 5.32 Å². The van der Waals surface area contributed by atoms with Crippen molar-refractivity contribution in [3.8, 4) is 0 Å². The van der Waals surface area contributed by atoms with Crippen molar-refractivity contribution in [1.82, 2.24) is 19.8 Å². The summed E-state index contributed by atoms with van der Waals surface area (Å²) in [4.78, 5) is 32.6. The summed E-state index contributed by atoms with van der Waals surface area (Å²) in [6, 6.07) is 10.3. The minimum atomic E-state index is -0.101. The SMILES string of the molecule is CCc1cccc2c(/C=C3\SC(=S)N(Cc4cccnc4)C3=O)cn(CC(=O)NC3CCCCC3)c12. The van der Waals surface area contributed by atoms with E-state index in [4.69, 9.17) is 12.2 Å². The van der Waals surface area contributed by atoms with Crippen molar-refractivity contribution in [2.75, 3.05) is 0 Å². The van der Waals surface area contributed by atoms with Gasteiger partial charge in [0.1, 0.15) is 10.9 Å². The molecular weight excluding hydrogens is 488 g/mol. The number of fused-ring (bicyclic) bond motifs is 1. The van der Waals surface area contributed by atoms with Crippen molar-refractivity contribution in [2.45, 2.75) is 64.6 Å². The number of rotatable bonds is 7. The van der Waals surface area contributed by atoms with E-state index in [1.807, 2.05) is 35.0 Å². The molecule has 3 heterocycles. The first-order valence-electron chi connectivity index (χ1n) is 12.6. The number of aryl methyl sites for hydroxylation is 1. The summed E-state index contributed by atoms with van der Waals surface area (Å²) in [5, 5.41) is 4.27. The van der Waals surface area contributed by atoms with Gasteiger partial charge in [-0.05, 0) is 42.5 Å². The molecule has 3 aromatic rings. The van der Waals surface area contributed by atoms with Gasteiger partial charge in [-0.25, -0.2) is 0 Å². The molecule has 1 aliphatic heterocycles. The van der Waals surface area contributed by atoms with Crippen LogP contribution in [0.25, 0.3) is 17.0 Å². The van der Waals surface area contributed by atoms with Crippen LogP contribution in [-0.2, 0) is 29.1 Å². The van der Waals surface area contributed by atoms with Crippen LogP contribution in [0.4, 0.5) is 0 Å². The standard InChI is InChI=1S/C28H30N4O2S2/c1-2-20-9-6-12-23-21(17-31(26(20)23)18-25(33)30-22-10-4-3-5-11-22)14-24-27(34)32(28(35)36-24)16-19-8-7-13-29-15-19/h6-9,12-15,17,22H,2-5,10-11,16,18H2,1H3,(H,30,33)/b24-14-. The first kappa shape index (κ1) is 24.7. The van der Waals surface area contributed by atoms with Crippen LogP contribution in [0, 0.1) is 0 Å². The molecule has 1 aromatic carbocycles. The molecule has 0 unspecified atom stereocenters.